The van der Waals surface area contributed by atoms with Crippen molar-refractivity contribution < 1.29 is 9.53 Å². The monoisotopic (exact) mass is 388 g/mol. The molecule has 2 heterocycles. The van der Waals surface area contributed by atoms with Gasteiger partial charge in [0.05, 0.1) is 18.5 Å². The summed E-state index contributed by atoms with van der Waals surface area (Å²) in [4.78, 5) is 18.7. The van der Waals surface area contributed by atoms with Crippen molar-refractivity contribution in [2.45, 2.75) is 31.6 Å². The molecule has 0 amide bonds. The summed E-state index contributed by atoms with van der Waals surface area (Å²) in [6, 6.07) is 14.9. The van der Waals surface area contributed by atoms with Crippen LogP contribution in [0.3, 0.4) is 0 Å². The van der Waals surface area contributed by atoms with Gasteiger partial charge in [0, 0.05) is 18.2 Å². The van der Waals surface area contributed by atoms with Crippen molar-refractivity contribution in [2.75, 3.05) is 26.7 Å². The Kier molecular flexibility index (Phi) is 6.20. The van der Waals surface area contributed by atoms with Gasteiger partial charge < -0.3 is 4.74 Å². The van der Waals surface area contributed by atoms with Crippen LogP contribution >= 0.6 is 0 Å². The molecular formula is C25H28N2O2. The number of likely N-dealkylation sites (tertiary alicyclic amines) is 1. The Morgan fingerprint density at radius 3 is 2.59 bits per heavy atom. The molecule has 0 unspecified atom stereocenters. The Morgan fingerprint density at radius 2 is 1.90 bits per heavy atom. The van der Waals surface area contributed by atoms with Crippen molar-refractivity contribution in [3.8, 4) is 0 Å². The van der Waals surface area contributed by atoms with Crippen LogP contribution in [-0.2, 0) is 9.53 Å². The van der Waals surface area contributed by atoms with E-state index >= 15 is 0 Å². The van der Waals surface area contributed by atoms with Crippen LogP contribution in [0.5, 0.6) is 0 Å². The van der Waals surface area contributed by atoms with Crippen LogP contribution in [0.25, 0.3) is 11.6 Å². The fraction of sp³-hybridized carbons (Fsp3) is 0.360. The van der Waals surface area contributed by atoms with Gasteiger partial charge in [0.15, 0.2) is 0 Å². The van der Waals surface area contributed by atoms with Gasteiger partial charge in [-0.05, 0) is 74.0 Å². The molecule has 0 spiro atoms. The molecule has 2 aliphatic rings. The van der Waals surface area contributed by atoms with Gasteiger partial charge in [0.2, 0.25) is 0 Å². The van der Waals surface area contributed by atoms with E-state index in [1.807, 2.05) is 18.2 Å². The lowest BCUT2D eigenvalue weighted by Gasteiger charge is -2.14. The van der Waals surface area contributed by atoms with Crippen LogP contribution in [0.1, 0.15) is 54.1 Å². The zero-order chi connectivity index (χ0) is 20.1. The molecule has 1 aliphatic carbocycles. The number of benzene rings is 1. The van der Waals surface area contributed by atoms with E-state index in [0.717, 1.165) is 29.4 Å². The number of hydrogen-bond acceptors (Lipinski definition) is 4. The maximum Gasteiger partial charge on any atom is 0.330 e. The summed E-state index contributed by atoms with van der Waals surface area (Å²) >= 11 is 0. The molecule has 4 rings (SSSR count). The van der Waals surface area contributed by atoms with Gasteiger partial charge >= 0.3 is 5.97 Å². The highest BCUT2D eigenvalue weighted by atomic mass is 16.5. The molecule has 1 aliphatic heterocycles. The molecule has 0 bridgehead atoms. The van der Waals surface area contributed by atoms with Gasteiger partial charge in [0.1, 0.15) is 0 Å². The Bertz CT molecular complexity index is 905. The quantitative estimate of drug-likeness (QED) is 0.510. The van der Waals surface area contributed by atoms with Crippen LogP contribution in [0.15, 0.2) is 54.6 Å². The third-order valence-electron chi connectivity index (χ3n) is 5.66. The first kappa shape index (κ1) is 19.6. The number of nitrogens with zero attached hydrogens (tertiary/aromatic N) is 2. The molecular weight excluding hydrogens is 360 g/mol. The first-order valence-corrected chi connectivity index (χ1v) is 10.5. The first-order valence-electron chi connectivity index (χ1n) is 10.5. The lowest BCUT2D eigenvalue weighted by Crippen LogP contribution is -2.19. The molecule has 1 aromatic carbocycles. The number of ether oxygens (including phenoxy) is 1. The van der Waals surface area contributed by atoms with E-state index in [-0.39, 0.29) is 5.97 Å². The second-order valence-electron chi connectivity index (χ2n) is 7.83. The normalized spacial score (nSPS) is 17.8. The first-order chi connectivity index (χ1) is 14.2. The van der Waals surface area contributed by atoms with Gasteiger partial charge in [-0.3, -0.25) is 4.90 Å². The number of hydrogen-bond donors (Lipinski definition) is 0. The van der Waals surface area contributed by atoms with E-state index in [1.54, 1.807) is 6.08 Å². The fourth-order valence-electron chi connectivity index (χ4n) is 3.82. The summed E-state index contributed by atoms with van der Waals surface area (Å²) in [5, 5.41) is 0. The van der Waals surface area contributed by atoms with E-state index in [9.17, 15) is 4.79 Å². The summed E-state index contributed by atoms with van der Waals surface area (Å²) in [5.74, 6) is 0.378. The highest BCUT2D eigenvalue weighted by Crippen LogP contribution is 2.40. The van der Waals surface area contributed by atoms with Gasteiger partial charge in [-0.2, -0.15) is 0 Å². The molecule has 29 heavy (non-hydrogen) atoms. The molecule has 0 N–H and O–H groups in total. The molecule has 0 radical (unpaired) electrons. The summed E-state index contributed by atoms with van der Waals surface area (Å²) in [5.41, 5.74) is 5.45. The number of aromatic nitrogens is 1. The van der Waals surface area contributed by atoms with Crippen LogP contribution in [0.2, 0.25) is 0 Å². The van der Waals surface area contributed by atoms with E-state index in [0.29, 0.717) is 0 Å². The Balaban J connectivity index is 1.63. The summed E-state index contributed by atoms with van der Waals surface area (Å²) in [7, 11) is 1.38. The third-order valence-corrected chi connectivity index (χ3v) is 5.66. The minimum Gasteiger partial charge on any atom is -0.466 e. The van der Waals surface area contributed by atoms with Crippen molar-refractivity contribution in [1.82, 2.24) is 9.88 Å². The standard InChI is InChI=1S/C25H28N2O2/c1-29-25(28)14-13-22-5-4-6-24(26-22)23(15-18-27-16-2-3-17-27)21-11-9-20(10-12-21)19-7-8-19/h4-6,9-15,19H,2-3,7-8,16-18H2,1H3/b14-13+,23-15-. The van der Waals surface area contributed by atoms with Crippen LogP contribution in [-0.4, -0.2) is 42.6 Å². The average Bonchev–Trinajstić information content (AvgIpc) is 3.49. The number of pyridine rings is 1. The van der Waals surface area contributed by atoms with Crippen molar-refractivity contribution in [2.24, 2.45) is 0 Å². The maximum atomic E-state index is 11.4. The largest absolute Gasteiger partial charge is 0.466 e. The maximum absolute atomic E-state index is 11.4. The predicted molar refractivity (Wildman–Crippen MR) is 116 cm³/mol. The molecule has 2 fully saturated rings. The fourth-order valence-corrected chi connectivity index (χ4v) is 3.82. The average molecular weight is 389 g/mol. The van der Waals surface area contributed by atoms with E-state index in [2.05, 4.69) is 40.0 Å². The molecule has 1 aromatic heterocycles. The lowest BCUT2D eigenvalue weighted by atomic mass is 9.98. The van der Waals surface area contributed by atoms with E-state index in [1.165, 1.54) is 63.1 Å². The highest BCUT2D eigenvalue weighted by Gasteiger charge is 2.23. The van der Waals surface area contributed by atoms with Gasteiger partial charge in [0.25, 0.3) is 0 Å². The van der Waals surface area contributed by atoms with Gasteiger partial charge in [-0.15, -0.1) is 0 Å². The number of rotatable bonds is 7. The van der Waals surface area contributed by atoms with Crippen molar-refractivity contribution in [3.63, 3.8) is 0 Å². The summed E-state index contributed by atoms with van der Waals surface area (Å²) in [6.07, 6.45) is 10.6. The van der Waals surface area contributed by atoms with E-state index in [4.69, 9.17) is 4.98 Å². The molecule has 4 heteroatoms. The molecule has 1 saturated heterocycles. The Labute approximate surface area is 172 Å². The topological polar surface area (TPSA) is 42.4 Å². The number of methoxy groups -OCH3 is 1. The lowest BCUT2D eigenvalue weighted by molar-refractivity contribution is -0.134. The minimum atomic E-state index is -0.377. The minimum absolute atomic E-state index is 0.377. The second kappa shape index (κ2) is 9.19. The third kappa shape index (κ3) is 5.21. The van der Waals surface area contributed by atoms with Crippen molar-refractivity contribution in [3.05, 3.63) is 77.1 Å². The SMILES string of the molecule is COC(=O)/C=C/c1cccc(/C(=C\CN2CCCC2)c2ccc(C3CC3)cc2)n1. The predicted octanol–water partition coefficient (Wildman–Crippen LogP) is 4.67. The second-order valence-corrected chi connectivity index (χ2v) is 7.83. The van der Waals surface area contributed by atoms with Gasteiger partial charge in [-0.25, -0.2) is 9.78 Å². The van der Waals surface area contributed by atoms with Crippen LogP contribution in [0, 0.1) is 0 Å². The van der Waals surface area contributed by atoms with Crippen molar-refractivity contribution in [1.29, 1.82) is 0 Å². The molecule has 4 nitrogen and oxygen atoms in total. The zero-order valence-electron chi connectivity index (χ0n) is 17.0. The summed E-state index contributed by atoms with van der Waals surface area (Å²) < 4.78 is 4.68. The molecule has 2 aromatic rings. The summed E-state index contributed by atoms with van der Waals surface area (Å²) in [6.45, 7) is 3.27. The number of esters is 1. The molecule has 1 saturated carbocycles. The Hall–Kier alpha value is -2.72. The van der Waals surface area contributed by atoms with Crippen LogP contribution < -0.4 is 0 Å². The molecule has 150 valence electrons. The number of carbonyl (C=O) groups excluding carboxylic acids is 1. The number of carbonyl (C=O) groups is 1. The van der Waals surface area contributed by atoms with Gasteiger partial charge in [-0.1, -0.05) is 36.4 Å². The highest BCUT2D eigenvalue weighted by molar-refractivity contribution is 5.86. The Morgan fingerprint density at radius 1 is 1.14 bits per heavy atom. The zero-order valence-corrected chi connectivity index (χ0v) is 17.0. The van der Waals surface area contributed by atoms with Crippen LogP contribution in [0.4, 0.5) is 0 Å². The smallest absolute Gasteiger partial charge is 0.330 e. The van der Waals surface area contributed by atoms with E-state index < -0.39 is 0 Å². The molecule has 0 atom stereocenters. The van der Waals surface area contributed by atoms with Crippen molar-refractivity contribution >= 4 is 17.6 Å².